The summed E-state index contributed by atoms with van der Waals surface area (Å²) in [5.74, 6) is 2.17. The summed E-state index contributed by atoms with van der Waals surface area (Å²) < 4.78 is 10.7. The van der Waals surface area contributed by atoms with Crippen molar-refractivity contribution in [2.24, 2.45) is 0 Å². The Hall–Kier alpha value is -2.38. The summed E-state index contributed by atoms with van der Waals surface area (Å²) in [6.07, 6.45) is 4.02. The van der Waals surface area contributed by atoms with Crippen LogP contribution in [0, 0.1) is 0 Å². The zero-order valence-electron chi connectivity index (χ0n) is 15.3. The fourth-order valence-electron chi connectivity index (χ4n) is 3.40. The molecule has 1 aliphatic rings. The lowest BCUT2D eigenvalue weighted by Gasteiger charge is -2.42. The number of ether oxygens (including phenoxy) is 2. The van der Waals surface area contributed by atoms with Gasteiger partial charge < -0.3 is 19.5 Å². The highest BCUT2D eigenvalue weighted by molar-refractivity contribution is 5.48. The van der Waals surface area contributed by atoms with E-state index in [0.29, 0.717) is 12.3 Å². The Morgan fingerprint density at radius 3 is 2.77 bits per heavy atom. The van der Waals surface area contributed by atoms with Crippen molar-refractivity contribution in [1.29, 1.82) is 0 Å². The van der Waals surface area contributed by atoms with Crippen molar-refractivity contribution in [2.45, 2.75) is 19.0 Å². The van der Waals surface area contributed by atoms with Crippen LogP contribution >= 0.6 is 0 Å². The van der Waals surface area contributed by atoms with Gasteiger partial charge in [0.25, 0.3) is 5.88 Å². The van der Waals surface area contributed by atoms with E-state index in [4.69, 9.17) is 9.47 Å². The molecule has 7 nitrogen and oxygen atoms in total. The molecule has 1 unspecified atom stereocenters. The number of aliphatic hydroxyl groups excluding tert-OH is 1. The lowest BCUT2D eigenvalue weighted by atomic mass is 10.1. The Kier molecular flexibility index (Phi) is 6.25. The van der Waals surface area contributed by atoms with Crippen molar-refractivity contribution < 1.29 is 14.6 Å². The molecule has 0 bridgehead atoms. The molecule has 2 aromatic rings. The largest absolute Gasteiger partial charge is 0.497 e. The van der Waals surface area contributed by atoms with E-state index in [9.17, 15) is 5.11 Å². The van der Waals surface area contributed by atoms with Gasteiger partial charge in [-0.2, -0.15) is 0 Å². The number of nitrogens with zero attached hydrogens (tertiary/aromatic N) is 4. The van der Waals surface area contributed by atoms with Crippen molar-refractivity contribution in [3.05, 3.63) is 42.2 Å². The topological polar surface area (TPSA) is 71.0 Å². The molecule has 1 aromatic heterocycles. The summed E-state index contributed by atoms with van der Waals surface area (Å²) in [6, 6.07) is 8.36. The second-order valence-electron chi connectivity index (χ2n) is 6.32. The molecule has 2 heterocycles. The third-order valence-corrected chi connectivity index (χ3v) is 4.73. The first kappa shape index (κ1) is 18.4. The maximum Gasteiger partial charge on any atom is 0.257 e. The predicted octanol–water partition coefficient (Wildman–Crippen LogP) is 1.57. The highest BCUT2D eigenvalue weighted by atomic mass is 16.5. The maximum absolute atomic E-state index is 9.52. The molecule has 0 spiro atoms. The highest BCUT2D eigenvalue weighted by Crippen LogP contribution is 2.26. The van der Waals surface area contributed by atoms with Crippen LogP contribution in [0.25, 0.3) is 0 Å². The van der Waals surface area contributed by atoms with Gasteiger partial charge in [-0.05, 0) is 24.1 Å². The minimum atomic E-state index is 0.157. The van der Waals surface area contributed by atoms with Crippen molar-refractivity contribution in [3.8, 4) is 11.6 Å². The molecular weight excluding hydrogens is 332 g/mol. The van der Waals surface area contributed by atoms with E-state index in [0.717, 1.165) is 37.7 Å². The van der Waals surface area contributed by atoms with Gasteiger partial charge in [0.05, 0.1) is 14.2 Å². The van der Waals surface area contributed by atoms with Crippen LogP contribution in [0.1, 0.15) is 12.0 Å². The predicted molar refractivity (Wildman–Crippen MR) is 99.7 cm³/mol. The number of rotatable bonds is 7. The molecule has 1 aromatic carbocycles. The van der Waals surface area contributed by atoms with Gasteiger partial charge in [0, 0.05) is 51.2 Å². The maximum atomic E-state index is 9.52. The second-order valence-corrected chi connectivity index (χ2v) is 6.32. The van der Waals surface area contributed by atoms with Gasteiger partial charge in [-0.25, -0.2) is 9.97 Å². The average molecular weight is 358 g/mol. The van der Waals surface area contributed by atoms with E-state index >= 15 is 0 Å². The van der Waals surface area contributed by atoms with Crippen LogP contribution in [0.5, 0.6) is 11.6 Å². The highest BCUT2D eigenvalue weighted by Gasteiger charge is 2.29. The minimum Gasteiger partial charge on any atom is -0.497 e. The van der Waals surface area contributed by atoms with Crippen molar-refractivity contribution in [2.75, 3.05) is 45.4 Å². The number of hydrogen-bond acceptors (Lipinski definition) is 7. The number of piperazine rings is 1. The van der Waals surface area contributed by atoms with Crippen LogP contribution in [0.3, 0.4) is 0 Å². The number of anilines is 1. The first-order valence-electron chi connectivity index (χ1n) is 8.83. The SMILES string of the molecule is COc1cccc(CN2CCN(c3nccnc3OC)CC2CCO)c1. The number of methoxy groups -OCH3 is 2. The molecule has 1 atom stereocenters. The van der Waals surface area contributed by atoms with Crippen LogP contribution < -0.4 is 14.4 Å². The lowest BCUT2D eigenvalue weighted by Crippen LogP contribution is -2.53. The fraction of sp³-hybridized carbons (Fsp3) is 0.474. The molecule has 1 fully saturated rings. The van der Waals surface area contributed by atoms with Crippen LogP contribution in [0.4, 0.5) is 5.82 Å². The Labute approximate surface area is 154 Å². The molecule has 3 rings (SSSR count). The van der Waals surface area contributed by atoms with E-state index in [1.807, 2.05) is 12.1 Å². The Morgan fingerprint density at radius 1 is 1.15 bits per heavy atom. The van der Waals surface area contributed by atoms with Gasteiger partial charge in [0.2, 0.25) is 0 Å². The Bertz CT molecular complexity index is 713. The summed E-state index contributed by atoms with van der Waals surface area (Å²) in [7, 11) is 3.29. The minimum absolute atomic E-state index is 0.157. The molecule has 1 aliphatic heterocycles. The van der Waals surface area contributed by atoms with E-state index < -0.39 is 0 Å². The molecule has 0 saturated carbocycles. The summed E-state index contributed by atoms with van der Waals surface area (Å²) in [5, 5.41) is 9.52. The van der Waals surface area contributed by atoms with Crippen LogP contribution in [-0.4, -0.2) is 66.5 Å². The quantitative estimate of drug-likeness (QED) is 0.805. The second kappa shape index (κ2) is 8.82. The summed E-state index contributed by atoms with van der Waals surface area (Å²) >= 11 is 0. The zero-order valence-corrected chi connectivity index (χ0v) is 15.3. The molecule has 0 amide bonds. The third kappa shape index (κ3) is 4.23. The number of benzene rings is 1. The van der Waals surface area contributed by atoms with E-state index in [1.165, 1.54) is 5.56 Å². The van der Waals surface area contributed by atoms with Crippen molar-refractivity contribution in [3.63, 3.8) is 0 Å². The van der Waals surface area contributed by atoms with Crippen LogP contribution in [0.15, 0.2) is 36.7 Å². The van der Waals surface area contributed by atoms with Gasteiger partial charge in [-0.3, -0.25) is 4.90 Å². The summed E-state index contributed by atoms with van der Waals surface area (Å²) in [5.41, 5.74) is 1.21. The first-order chi connectivity index (χ1) is 12.7. The lowest BCUT2D eigenvalue weighted by molar-refractivity contribution is 0.135. The zero-order chi connectivity index (χ0) is 18.4. The molecule has 26 heavy (non-hydrogen) atoms. The molecule has 1 N–H and O–H groups in total. The molecule has 0 radical (unpaired) electrons. The molecule has 140 valence electrons. The summed E-state index contributed by atoms with van der Waals surface area (Å²) in [4.78, 5) is 13.3. The first-order valence-corrected chi connectivity index (χ1v) is 8.83. The van der Waals surface area contributed by atoms with Crippen molar-refractivity contribution >= 4 is 5.82 Å². The summed E-state index contributed by atoms with van der Waals surface area (Å²) in [6.45, 7) is 3.47. The third-order valence-electron chi connectivity index (χ3n) is 4.73. The van der Waals surface area contributed by atoms with E-state index in [1.54, 1.807) is 26.6 Å². The number of aliphatic hydroxyl groups is 1. The van der Waals surface area contributed by atoms with Crippen LogP contribution in [0.2, 0.25) is 0 Å². The van der Waals surface area contributed by atoms with E-state index in [2.05, 4.69) is 31.9 Å². The van der Waals surface area contributed by atoms with Gasteiger partial charge in [0.15, 0.2) is 5.82 Å². The Morgan fingerprint density at radius 2 is 2.00 bits per heavy atom. The average Bonchev–Trinajstić information content (AvgIpc) is 2.69. The Balaban J connectivity index is 1.73. The number of aromatic nitrogens is 2. The fourth-order valence-corrected chi connectivity index (χ4v) is 3.40. The smallest absolute Gasteiger partial charge is 0.257 e. The van der Waals surface area contributed by atoms with Gasteiger partial charge in [-0.15, -0.1) is 0 Å². The van der Waals surface area contributed by atoms with Gasteiger partial charge in [0.1, 0.15) is 5.75 Å². The normalized spacial score (nSPS) is 18.0. The van der Waals surface area contributed by atoms with E-state index in [-0.39, 0.29) is 12.6 Å². The van der Waals surface area contributed by atoms with Gasteiger partial charge in [-0.1, -0.05) is 12.1 Å². The van der Waals surface area contributed by atoms with Gasteiger partial charge >= 0.3 is 0 Å². The number of hydrogen-bond donors (Lipinski definition) is 1. The van der Waals surface area contributed by atoms with Crippen molar-refractivity contribution in [1.82, 2.24) is 14.9 Å². The molecule has 7 heteroatoms. The monoisotopic (exact) mass is 358 g/mol. The van der Waals surface area contributed by atoms with Crippen LogP contribution in [-0.2, 0) is 6.54 Å². The standard InChI is InChI=1S/C19H26N4O3/c1-25-17-5-3-4-15(12-17)13-22-9-10-23(14-16(22)6-11-24)18-19(26-2)21-8-7-20-18/h3-5,7-8,12,16,24H,6,9-11,13-14H2,1-2H3. The molecule has 0 aliphatic carbocycles. The molecular formula is C19H26N4O3. The molecule has 1 saturated heterocycles.